The van der Waals surface area contributed by atoms with Crippen LogP contribution in [0.1, 0.15) is 16.2 Å². The fraction of sp³-hybridized carbons (Fsp3) is 0.333. The molecule has 0 aromatic rings. The van der Waals surface area contributed by atoms with Crippen molar-refractivity contribution in [3.05, 3.63) is 23.8 Å². The summed E-state index contributed by atoms with van der Waals surface area (Å²) >= 11 is 0. The largest absolute Gasteiger partial charge is 3.00 e. The minimum atomic E-state index is 0. The zero-order valence-corrected chi connectivity index (χ0v) is 6.59. The van der Waals surface area contributed by atoms with Crippen molar-refractivity contribution >= 4 is 0 Å². The Hall–Kier alpha value is 0.129. The third-order valence-electron chi connectivity index (χ3n) is 0.867. The van der Waals surface area contributed by atoms with Gasteiger partial charge in [-0.1, -0.05) is 6.92 Å². The van der Waals surface area contributed by atoms with Crippen LogP contribution < -0.4 is 0 Å². The molecule has 0 bridgehead atoms. The normalized spacial score (nSPS) is 15.9. The summed E-state index contributed by atoms with van der Waals surface area (Å²) in [6, 6.07) is 0. The topological polar surface area (TPSA) is 0 Å². The van der Waals surface area contributed by atoms with Crippen molar-refractivity contribution in [1.29, 1.82) is 0 Å². The summed E-state index contributed by atoms with van der Waals surface area (Å²) in [5.74, 6) is 0. The van der Waals surface area contributed by atoms with Crippen LogP contribution in [0, 0.1) is 6.08 Å². The zero-order valence-electron chi connectivity index (χ0n) is 6.20. The average molecular weight is 273 g/mol. The molecule has 0 fully saturated rings. The van der Waals surface area contributed by atoms with Gasteiger partial charge in [-0.3, -0.25) is 6.08 Å². The van der Waals surface area contributed by atoms with Gasteiger partial charge in [0.1, 0.15) is 0 Å². The molecule has 1 aliphatic rings. The maximum Gasteiger partial charge on any atom is 3.00 e. The predicted molar refractivity (Wildman–Crippen MR) is 28.4 cm³/mol. The van der Waals surface area contributed by atoms with Crippen molar-refractivity contribution < 1.29 is 23.0 Å². The monoisotopic (exact) mass is 274 g/mol. The third-order valence-corrected chi connectivity index (χ3v) is 0.867. The zero-order chi connectivity index (χ0) is 4.41. The first-order chi connectivity index (χ1) is 2.89. The predicted octanol–water partition coefficient (Wildman–Crippen LogP) is 1.92. The van der Waals surface area contributed by atoms with E-state index in [9.17, 15) is 0 Å². The van der Waals surface area contributed by atoms with E-state index in [1.165, 1.54) is 5.57 Å². The van der Waals surface area contributed by atoms with Crippen LogP contribution in [-0.2, 0) is 20.1 Å². The van der Waals surface area contributed by atoms with Crippen LogP contribution >= 0.6 is 0 Å². The Morgan fingerprint density at radius 3 is 2.71 bits per heavy atom. The number of allylic oxidation sites excluding steroid dienone is 4. The summed E-state index contributed by atoms with van der Waals surface area (Å²) in [5.41, 5.74) is 1.27. The van der Waals surface area contributed by atoms with Gasteiger partial charge < -0.3 is 2.85 Å². The fourth-order valence-electron chi connectivity index (χ4n) is 0.515. The standard InChI is InChI=1S/C6H7.Ir.2H/c1-6-4-2-3-5-6;;;/h2,4H,3H2,1H3;;;/q-1;+3;2*-1. The maximum atomic E-state index is 3.12. The first kappa shape index (κ1) is 7.13. The molecule has 0 aromatic carbocycles. The summed E-state index contributed by atoms with van der Waals surface area (Å²) in [6.07, 6.45) is 8.33. The Labute approximate surface area is 60.6 Å². The summed E-state index contributed by atoms with van der Waals surface area (Å²) in [4.78, 5) is 0. The van der Waals surface area contributed by atoms with Crippen LogP contribution in [0.25, 0.3) is 0 Å². The molecule has 0 heterocycles. The van der Waals surface area contributed by atoms with Gasteiger partial charge in [0.15, 0.2) is 0 Å². The molecule has 0 nitrogen and oxygen atoms in total. The molecule has 0 saturated carbocycles. The molecule has 0 N–H and O–H groups in total. The molecule has 0 atom stereocenters. The second kappa shape index (κ2) is 3.17. The van der Waals surface area contributed by atoms with Crippen LogP contribution in [0.15, 0.2) is 17.7 Å². The second-order valence-electron chi connectivity index (χ2n) is 1.47. The summed E-state index contributed by atoms with van der Waals surface area (Å²) in [6.45, 7) is 2.06. The average Bonchev–Trinajstić information content (AvgIpc) is 1.86. The van der Waals surface area contributed by atoms with E-state index in [0.29, 0.717) is 0 Å². The molecule has 7 heavy (non-hydrogen) atoms. The van der Waals surface area contributed by atoms with Crippen molar-refractivity contribution in [1.82, 2.24) is 0 Å². The first-order valence-corrected chi connectivity index (χ1v) is 2.13. The van der Waals surface area contributed by atoms with Gasteiger partial charge in [-0.15, -0.1) is 6.42 Å². The second-order valence-corrected chi connectivity index (χ2v) is 1.47. The molecular weight excluding hydrogens is 264 g/mol. The Kier molecular flexibility index (Phi) is 3.23. The van der Waals surface area contributed by atoms with Gasteiger partial charge in [0.25, 0.3) is 0 Å². The first-order valence-electron chi connectivity index (χ1n) is 2.13. The molecule has 42 valence electrons. The Morgan fingerprint density at radius 1 is 1.86 bits per heavy atom. The Bertz CT molecular complexity index is 105. The molecule has 0 spiro atoms. The fourth-order valence-corrected chi connectivity index (χ4v) is 0.515. The minimum absolute atomic E-state index is 0. The van der Waals surface area contributed by atoms with Crippen molar-refractivity contribution in [2.24, 2.45) is 0 Å². The van der Waals surface area contributed by atoms with Gasteiger partial charge in [0.05, 0.1) is 0 Å². The van der Waals surface area contributed by atoms with Gasteiger partial charge in [-0.25, -0.2) is 11.6 Å². The number of hydrogen-bond donors (Lipinski definition) is 0. The molecule has 0 unspecified atom stereocenters. The van der Waals surface area contributed by atoms with Crippen LogP contribution in [0.2, 0.25) is 0 Å². The van der Waals surface area contributed by atoms with E-state index in [0.717, 1.165) is 6.42 Å². The van der Waals surface area contributed by atoms with E-state index in [1.807, 2.05) is 0 Å². The van der Waals surface area contributed by atoms with Crippen LogP contribution in [0.4, 0.5) is 0 Å². The molecule has 0 radical (unpaired) electrons. The van der Waals surface area contributed by atoms with E-state index in [2.05, 4.69) is 25.2 Å². The van der Waals surface area contributed by atoms with E-state index in [-0.39, 0.29) is 23.0 Å². The SMILES string of the molecule is CC1=[C-]CC=C1.[H-].[H-].[Ir+3]. The Morgan fingerprint density at radius 2 is 2.57 bits per heavy atom. The van der Waals surface area contributed by atoms with Crippen molar-refractivity contribution in [3.8, 4) is 0 Å². The molecule has 0 aliphatic heterocycles. The maximum absolute atomic E-state index is 3.12. The van der Waals surface area contributed by atoms with E-state index < -0.39 is 0 Å². The molecule has 1 heteroatoms. The van der Waals surface area contributed by atoms with Gasteiger partial charge >= 0.3 is 20.1 Å². The molecule has 0 amide bonds. The minimum Gasteiger partial charge on any atom is -1.00 e. The van der Waals surface area contributed by atoms with E-state index >= 15 is 0 Å². The van der Waals surface area contributed by atoms with Crippen LogP contribution in [-0.4, -0.2) is 0 Å². The summed E-state index contributed by atoms with van der Waals surface area (Å²) in [5, 5.41) is 0. The molecular formula is C6H9Ir. The van der Waals surface area contributed by atoms with Crippen molar-refractivity contribution in [3.63, 3.8) is 0 Å². The molecule has 1 rings (SSSR count). The van der Waals surface area contributed by atoms with Gasteiger partial charge in [-0.2, -0.15) is 6.08 Å². The molecule has 0 aromatic heterocycles. The van der Waals surface area contributed by atoms with E-state index in [4.69, 9.17) is 0 Å². The van der Waals surface area contributed by atoms with Crippen LogP contribution in [0.3, 0.4) is 0 Å². The number of hydrogen-bond acceptors (Lipinski definition) is 0. The number of rotatable bonds is 0. The molecule has 0 saturated heterocycles. The Balaban J connectivity index is -0.000000120. The molecule has 1 aliphatic carbocycles. The third kappa shape index (κ3) is 2.06. The van der Waals surface area contributed by atoms with E-state index in [1.54, 1.807) is 0 Å². The van der Waals surface area contributed by atoms with Gasteiger partial charge in [0, 0.05) is 0 Å². The van der Waals surface area contributed by atoms with Crippen molar-refractivity contribution in [2.75, 3.05) is 0 Å². The van der Waals surface area contributed by atoms with Gasteiger partial charge in [0.2, 0.25) is 0 Å². The summed E-state index contributed by atoms with van der Waals surface area (Å²) in [7, 11) is 0. The van der Waals surface area contributed by atoms with Gasteiger partial charge in [-0.05, 0) is 0 Å². The summed E-state index contributed by atoms with van der Waals surface area (Å²) < 4.78 is 0. The smallest absolute Gasteiger partial charge is 1.00 e. The van der Waals surface area contributed by atoms with Crippen molar-refractivity contribution in [2.45, 2.75) is 13.3 Å². The van der Waals surface area contributed by atoms with Crippen LogP contribution in [0.5, 0.6) is 0 Å². The quantitative estimate of drug-likeness (QED) is 0.592.